The summed E-state index contributed by atoms with van der Waals surface area (Å²) in [7, 11) is 3.92. The fourth-order valence-electron chi connectivity index (χ4n) is 2.72. The van der Waals surface area contributed by atoms with E-state index in [9.17, 15) is 14.7 Å². The first kappa shape index (κ1) is 19.3. The Bertz CT molecular complexity index is 976. The highest BCUT2D eigenvalue weighted by Crippen LogP contribution is 2.25. The molecular formula is C21H22N2O5. The number of hydrogen-bond acceptors (Lipinski definition) is 6. The molecule has 0 bridgehead atoms. The molecule has 0 radical (unpaired) electrons. The van der Waals surface area contributed by atoms with Gasteiger partial charge in [-0.3, -0.25) is 9.59 Å². The van der Waals surface area contributed by atoms with E-state index < -0.39 is 5.97 Å². The number of esters is 1. The molecule has 0 fully saturated rings. The van der Waals surface area contributed by atoms with Crippen LogP contribution in [0.3, 0.4) is 0 Å². The SMILES string of the molecule is CN(C)c1ccc(CNC(=O)COC(=O)Cc2coc3cc(O)ccc23)cc1. The maximum Gasteiger partial charge on any atom is 0.310 e. The van der Waals surface area contributed by atoms with Crippen molar-refractivity contribution in [3.8, 4) is 5.75 Å². The molecule has 7 nitrogen and oxygen atoms in total. The van der Waals surface area contributed by atoms with Gasteiger partial charge in [-0.25, -0.2) is 0 Å². The van der Waals surface area contributed by atoms with Crippen LogP contribution >= 0.6 is 0 Å². The third-order valence-corrected chi connectivity index (χ3v) is 4.28. The van der Waals surface area contributed by atoms with E-state index >= 15 is 0 Å². The average Bonchev–Trinajstić information content (AvgIpc) is 3.06. The summed E-state index contributed by atoms with van der Waals surface area (Å²) >= 11 is 0. The lowest BCUT2D eigenvalue weighted by molar-refractivity contribution is -0.147. The van der Waals surface area contributed by atoms with E-state index in [2.05, 4.69) is 5.32 Å². The number of amides is 1. The molecule has 1 amide bonds. The normalized spacial score (nSPS) is 10.6. The fourth-order valence-corrected chi connectivity index (χ4v) is 2.72. The van der Waals surface area contributed by atoms with E-state index in [4.69, 9.17) is 9.15 Å². The topological polar surface area (TPSA) is 92.0 Å². The number of hydrogen-bond donors (Lipinski definition) is 2. The number of benzene rings is 2. The zero-order valence-corrected chi connectivity index (χ0v) is 15.8. The number of anilines is 1. The van der Waals surface area contributed by atoms with E-state index in [-0.39, 0.29) is 24.7 Å². The van der Waals surface area contributed by atoms with E-state index in [1.54, 1.807) is 6.07 Å². The van der Waals surface area contributed by atoms with Gasteiger partial charge in [-0.05, 0) is 29.8 Å². The first-order valence-electron chi connectivity index (χ1n) is 8.80. The van der Waals surface area contributed by atoms with Gasteiger partial charge in [0.25, 0.3) is 5.91 Å². The van der Waals surface area contributed by atoms with Crippen LogP contribution < -0.4 is 10.2 Å². The zero-order valence-electron chi connectivity index (χ0n) is 15.8. The second-order valence-corrected chi connectivity index (χ2v) is 6.62. The minimum Gasteiger partial charge on any atom is -0.508 e. The number of carbonyl (C=O) groups is 2. The standard InChI is InChI=1S/C21H22N2O5/c1-23(2)16-5-3-14(4-6-16)11-22-20(25)13-28-21(26)9-15-12-27-19-10-17(24)7-8-18(15)19/h3-8,10,12,24H,9,11,13H2,1-2H3,(H,22,25). The fraction of sp³-hybridized carbons (Fsp3) is 0.238. The summed E-state index contributed by atoms with van der Waals surface area (Å²) in [6.07, 6.45) is 1.43. The molecule has 2 aromatic carbocycles. The van der Waals surface area contributed by atoms with Crippen LogP contribution in [0.1, 0.15) is 11.1 Å². The summed E-state index contributed by atoms with van der Waals surface area (Å²) in [4.78, 5) is 25.9. The number of nitrogens with zero attached hydrogens (tertiary/aromatic N) is 1. The minimum atomic E-state index is -0.527. The van der Waals surface area contributed by atoms with Crippen LogP contribution in [0, 0.1) is 0 Å². The maximum absolute atomic E-state index is 12.0. The van der Waals surface area contributed by atoms with Gasteiger partial charge in [-0.1, -0.05) is 12.1 Å². The van der Waals surface area contributed by atoms with Crippen molar-refractivity contribution in [2.75, 3.05) is 25.6 Å². The van der Waals surface area contributed by atoms with Gasteiger partial charge in [0.2, 0.25) is 0 Å². The molecule has 3 aromatic rings. The predicted molar refractivity (Wildman–Crippen MR) is 105 cm³/mol. The van der Waals surface area contributed by atoms with Crippen LogP contribution in [0.15, 0.2) is 53.1 Å². The predicted octanol–water partition coefficient (Wildman–Crippen LogP) is 2.61. The summed E-state index contributed by atoms with van der Waals surface area (Å²) < 4.78 is 10.4. The van der Waals surface area contributed by atoms with E-state index in [1.807, 2.05) is 43.3 Å². The third-order valence-electron chi connectivity index (χ3n) is 4.28. The maximum atomic E-state index is 12.0. The number of rotatable bonds is 7. The smallest absolute Gasteiger partial charge is 0.310 e. The lowest BCUT2D eigenvalue weighted by Gasteiger charge is -2.13. The quantitative estimate of drug-likeness (QED) is 0.611. The molecule has 146 valence electrons. The Kier molecular flexibility index (Phi) is 5.84. The van der Waals surface area contributed by atoms with Crippen molar-refractivity contribution in [1.29, 1.82) is 0 Å². The molecule has 0 spiro atoms. The molecule has 2 N–H and O–H groups in total. The number of phenols is 1. The van der Waals surface area contributed by atoms with E-state index in [0.29, 0.717) is 17.7 Å². The number of nitrogens with one attached hydrogen (secondary N) is 1. The van der Waals surface area contributed by atoms with Crippen molar-refractivity contribution in [3.63, 3.8) is 0 Å². The summed E-state index contributed by atoms with van der Waals surface area (Å²) in [5, 5.41) is 12.9. The largest absolute Gasteiger partial charge is 0.508 e. The van der Waals surface area contributed by atoms with Crippen molar-refractivity contribution in [1.82, 2.24) is 5.32 Å². The molecule has 28 heavy (non-hydrogen) atoms. The molecule has 1 heterocycles. The van der Waals surface area contributed by atoms with Crippen LogP contribution in [-0.2, 0) is 27.3 Å². The Hall–Kier alpha value is -3.48. The number of furan rings is 1. The van der Waals surface area contributed by atoms with Gasteiger partial charge in [0.05, 0.1) is 12.7 Å². The van der Waals surface area contributed by atoms with Gasteiger partial charge in [-0.2, -0.15) is 0 Å². The third kappa shape index (κ3) is 4.82. The summed E-state index contributed by atoms with van der Waals surface area (Å²) in [5.41, 5.74) is 3.16. The molecule has 0 aliphatic rings. The second-order valence-electron chi connectivity index (χ2n) is 6.62. The molecule has 0 unspecified atom stereocenters. The summed E-state index contributed by atoms with van der Waals surface area (Å²) in [6.45, 7) is 0.0190. The molecular weight excluding hydrogens is 360 g/mol. The Morgan fingerprint density at radius 3 is 2.61 bits per heavy atom. The monoisotopic (exact) mass is 382 g/mol. The first-order chi connectivity index (χ1) is 13.4. The van der Waals surface area contributed by atoms with Gasteiger partial charge in [0.15, 0.2) is 6.61 Å². The van der Waals surface area contributed by atoms with Gasteiger partial charge >= 0.3 is 5.97 Å². The van der Waals surface area contributed by atoms with Gasteiger partial charge in [0.1, 0.15) is 11.3 Å². The van der Waals surface area contributed by atoms with Crippen LogP contribution in [0.2, 0.25) is 0 Å². The Morgan fingerprint density at radius 2 is 1.89 bits per heavy atom. The van der Waals surface area contributed by atoms with Gasteiger partial charge < -0.3 is 24.5 Å². The minimum absolute atomic E-state index is 0.0168. The van der Waals surface area contributed by atoms with Gasteiger partial charge in [0, 0.05) is 43.3 Å². The highest BCUT2D eigenvalue weighted by Gasteiger charge is 2.13. The highest BCUT2D eigenvalue weighted by atomic mass is 16.5. The molecule has 0 saturated carbocycles. The van der Waals surface area contributed by atoms with Crippen molar-refractivity contribution in [2.45, 2.75) is 13.0 Å². The lowest BCUT2D eigenvalue weighted by Crippen LogP contribution is -2.28. The highest BCUT2D eigenvalue weighted by molar-refractivity contribution is 5.87. The van der Waals surface area contributed by atoms with Crippen molar-refractivity contribution < 1.29 is 23.8 Å². The summed E-state index contributed by atoms with van der Waals surface area (Å²) in [5.74, 6) is -0.808. The molecule has 0 aliphatic carbocycles. The Labute approximate surface area is 162 Å². The summed E-state index contributed by atoms with van der Waals surface area (Å²) in [6, 6.07) is 12.5. The molecule has 7 heteroatoms. The molecule has 0 atom stereocenters. The number of ether oxygens (including phenoxy) is 1. The number of aromatic hydroxyl groups is 1. The van der Waals surface area contributed by atoms with Crippen LogP contribution in [0.25, 0.3) is 11.0 Å². The Morgan fingerprint density at radius 1 is 1.14 bits per heavy atom. The second kappa shape index (κ2) is 8.47. The van der Waals surface area contributed by atoms with Crippen LogP contribution in [-0.4, -0.2) is 37.7 Å². The lowest BCUT2D eigenvalue weighted by atomic mass is 10.1. The van der Waals surface area contributed by atoms with Crippen LogP contribution in [0.5, 0.6) is 5.75 Å². The number of carbonyl (C=O) groups excluding carboxylic acids is 2. The van der Waals surface area contributed by atoms with Gasteiger partial charge in [-0.15, -0.1) is 0 Å². The first-order valence-corrected chi connectivity index (χ1v) is 8.80. The van der Waals surface area contributed by atoms with Crippen molar-refractivity contribution in [2.24, 2.45) is 0 Å². The zero-order chi connectivity index (χ0) is 20.1. The molecule has 0 aliphatic heterocycles. The van der Waals surface area contributed by atoms with Crippen molar-refractivity contribution >= 4 is 28.5 Å². The molecule has 1 aromatic heterocycles. The average molecular weight is 382 g/mol. The van der Waals surface area contributed by atoms with E-state index in [1.165, 1.54) is 18.4 Å². The Balaban J connectivity index is 1.45. The number of phenolic OH excluding ortho intramolecular Hbond substituents is 1. The number of fused-ring (bicyclic) bond motifs is 1. The van der Waals surface area contributed by atoms with E-state index in [0.717, 1.165) is 16.6 Å². The molecule has 3 rings (SSSR count). The molecule has 0 saturated heterocycles. The van der Waals surface area contributed by atoms with Crippen molar-refractivity contribution in [3.05, 3.63) is 59.9 Å². The van der Waals surface area contributed by atoms with Crippen LogP contribution in [0.4, 0.5) is 5.69 Å².